The van der Waals surface area contributed by atoms with Crippen molar-refractivity contribution in [3.8, 4) is 0 Å². The Labute approximate surface area is 103 Å². The second kappa shape index (κ2) is 5.20. The molecular weight excluding hydrogens is 218 g/mol. The topological polar surface area (TPSA) is 12.0 Å². The van der Waals surface area contributed by atoms with Gasteiger partial charge in [0.05, 0.1) is 0 Å². The predicted molar refractivity (Wildman–Crippen MR) is 69.8 cm³/mol. The fourth-order valence-corrected chi connectivity index (χ4v) is 2.52. The molecule has 88 valence electrons. The molecule has 1 saturated carbocycles. The minimum atomic E-state index is 0.481. The minimum absolute atomic E-state index is 0.481. The van der Waals surface area contributed by atoms with Crippen LogP contribution in [0.25, 0.3) is 0 Å². The molecule has 2 atom stereocenters. The van der Waals surface area contributed by atoms with Crippen molar-refractivity contribution in [1.82, 2.24) is 5.32 Å². The van der Waals surface area contributed by atoms with E-state index in [1.54, 1.807) is 0 Å². The van der Waals surface area contributed by atoms with Crippen LogP contribution >= 0.6 is 11.6 Å². The van der Waals surface area contributed by atoms with Gasteiger partial charge in [0.25, 0.3) is 0 Å². The van der Waals surface area contributed by atoms with Crippen LogP contribution in [-0.4, -0.2) is 6.54 Å². The highest BCUT2D eigenvalue weighted by Gasteiger charge is 2.33. The van der Waals surface area contributed by atoms with E-state index in [1.807, 2.05) is 12.1 Å². The molecule has 1 aliphatic rings. The first-order valence-corrected chi connectivity index (χ1v) is 6.59. The summed E-state index contributed by atoms with van der Waals surface area (Å²) < 4.78 is 0. The number of hydrogen-bond acceptors (Lipinski definition) is 1. The van der Waals surface area contributed by atoms with Crippen LogP contribution in [0.15, 0.2) is 24.3 Å². The maximum absolute atomic E-state index is 5.93. The summed E-state index contributed by atoms with van der Waals surface area (Å²) in [6.07, 6.45) is 2.80. The summed E-state index contributed by atoms with van der Waals surface area (Å²) in [5, 5.41) is 4.41. The van der Waals surface area contributed by atoms with Crippen molar-refractivity contribution in [2.24, 2.45) is 11.8 Å². The standard InChI is InChI=1S/C14H20ClN/c1-3-16-14(10(2)11-4-5-11)12-6-8-13(15)9-7-12/h6-11,14,16H,3-5H2,1-2H3. The second-order valence-electron chi connectivity index (χ2n) is 4.78. The van der Waals surface area contributed by atoms with E-state index in [-0.39, 0.29) is 0 Å². The van der Waals surface area contributed by atoms with E-state index in [4.69, 9.17) is 11.6 Å². The van der Waals surface area contributed by atoms with Crippen molar-refractivity contribution in [1.29, 1.82) is 0 Å². The summed E-state index contributed by atoms with van der Waals surface area (Å²) in [5.41, 5.74) is 1.37. The fourth-order valence-electron chi connectivity index (χ4n) is 2.39. The summed E-state index contributed by atoms with van der Waals surface area (Å²) >= 11 is 5.93. The van der Waals surface area contributed by atoms with Crippen LogP contribution in [0.4, 0.5) is 0 Å². The first-order valence-electron chi connectivity index (χ1n) is 6.21. The largest absolute Gasteiger partial charge is 0.310 e. The number of rotatable bonds is 5. The average molecular weight is 238 g/mol. The van der Waals surface area contributed by atoms with E-state index in [9.17, 15) is 0 Å². The molecule has 1 N–H and O–H groups in total. The van der Waals surface area contributed by atoms with E-state index < -0.39 is 0 Å². The SMILES string of the molecule is CCNC(c1ccc(Cl)cc1)C(C)C1CC1. The molecule has 1 aromatic carbocycles. The molecule has 0 spiro atoms. The van der Waals surface area contributed by atoms with Crippen molar-refractivity contribution in [3.05, 3.63) is 34.9 Å². The smallest absolute Gasteiger partial charge is 0.0406 e. The van der Waals surface area contributed by atoms with E-state index in [0.717, 1.165) is 23.4 Å². The van der Waals surface area contributed by atoms with E-state index >= 15 is 0 Å². The number of halogens is 1. The molecule has 1 aliphatic carbocycles. The average Bonchev–Trinajstić information content (AvgIpc) is 3.10. The first kappa shape index (κ1) is 11.9. The highest BCUT2D eigenvalue weighted by atomic mass is 35.5. The van der Waals surface area contributed by atoms with Crippen LogP contribution < -0.4 is 5.32 Å². The van der Waals surface area contributed by atoms with Crippen molar-refractivity contribution in [2.45, 2.75) is 32.7 Å². The van der Waals surface area contributed by atoms with Crippen molar-refractivity contribution < 1.29 is 0 Å². The van der Waals surface area contributed by atoms with Crippen LogP contribution in [0.5, 0.6) is 0 Å². The summed E-state index contributed by atoms with van der Waals surface area (Å²) in [5.74, 6) is 1.64. The lowest BCUT2D eigenvalue weighted by Gasteiger charge is -2.25. The molecular formula is C14H20ClN. The van der Waals surface area contributed by atoms with Gasteiger partial charge in [-0.05, 0) is 48.9 Å². The van der Waals surface area contributed by atoms with Crippen LogP contribution in [0, 0.1) is 11.8 Å². The molecule has 0 aromatic heterocycles. The van der Waals surface area contributed by atoms with Gasteiger partial charge in [-0.25, -0.2) is 0 Å². The van der Waals surface area contributed by atoms with Crippen molar-refractivity contribution >= 4 is 11.6 Å². The molecule has 0 heterocycles. The van der Waals surface area contributed by atoms with Crippen molar-refractivity contribution in [2.75, 3.05) is 6.54 Å². The lowest BCUT2D eigenvalue weighted by atomic mass is 9.90. The number of nitrogens with one attached hydrogen (secondary N) is 1. The van der Waals surface area contributed by atoms with Gasteiger partial charge in [-0.3, -0.25) is 0 Å². The van der Waals surface area contributed by atoms with Crippen LogP contribution in [0.3, 0.4) is 0 Å². The number of benzene rings is 1. The normalized spacial score (nSPS) is 19.4. The Morgan fingerprint density at radius 2 is 1.94 bits per heavy atom. The third-order valence-corrected chi connectivity index (χ3v) is 3.80. The Morgan fingerprint density at radius 1 is 1.31 bits per heavy atom. The van der Waals surface area contributed by atoms with E-state index in [0.29, 0.717) is 6.04 Å². The molecule has 0 saturated heterocycles. The predicted octanol–water partition coefficient (Wildman–Crippen LogP) is 4.04. The Bertz CT molecular complexity index is 329. The number of hydrogen-bond donors (Lipinski definition) is 1. The van der Waals surface area contributed by atoms with Crippen LogP contribution in [0.2, 0.25) is 5.02 Å². The summed E-state index contributed by atoms with van der Waals surface area (Å²) in [4.78, 5) is 0. The molecule has 0 bridgehead atoms. The monoisotopic (exact) mass is 237 g/mol. The van der Waals surface area contributed by atoms with E-state index in [1.165, 1.54) is 18.4 Å². The summed E-state index contributed by atoms with van der Waals surface area (Å²) in [6, 6.07) is 8.75. The highest BCUT2D eigenvalue weighted by Crippen LogP contribution is 2.42. The lowest BCUT2D eigenvalue weighted by molar-refractivity contribution is 0.355. The van der Waals surface area contributed by atoms with Gasteiger partial charge in [-0.1, -0.05) is 37.6 Å². The molecule has 2 heteroatoms. The molecule has 2 rings (SSSR count). The van der Waals surface area contributed by atoms with Gasteiger partial charge in [-0.2, -0.15) is 0 Å². The zero-order valence-electron chi connectivity index (χ0n) is 10.0. The molecule has 16 heavy (non-hydrogen) atoms. The lowest BCUT2D eigenvalue weighted by Crippen LogP contribution is -2.27. The quantitative estimate of drug-likeness (QED) is 0.815. The van der Waals surface area contributed by atoms with Gasteiger partial charge >= 0.3 is 0 Å². The zero-order valence-corrected chi connectivity index (χ0v) is 10.8. The second-order valence-corrected chi connectivity index (χ2v) is 5.22. The van der Waals surface area contributed by atoms with Gasteiger partial charge in [0.2, 0.25) is 0 Å². The highest BCUT2D eigenvalue weighted by molar-refractivity contribution is 6.30. The Morgan fingerprint density at radius 3 is 2.44 bits per heavy atom. The van der Waals surface area contributed by atoms with Gasteiger partial charge in [0.1, 0.15) is 0 Å². The molecule has 0 amide bonds. The summed E-state index contributed by atoms with van der Waals surface area (Å²) in [6.45, 7) is 5.55. The molecule has 1 aromatic rings. The molecule has 1 fully saturated rings. The maximum atomic E-state index is 5.93. The Kier molecular flexibility index (Phi) is 3.88. The summed E-state index contributed by atoms with van der Waals surface area (Å²) in [7, 11) is 0. The maximum Gasteiger partial charge on any atom is 0.0406 e. The molecule has 0 aliphatic heterocycles. The molecule has 0 radical (unpaired) electrons. The Hall–Kier alpha value is -0.530. The molecule has 1 nitrogen and oxygen atoms in total. The van der Waals surface area contributed by atoms with E-state index in [2.05, 4.69) is 31.3 Å². The van der Waals surface area contributed by atoms with Crippen LogP contribution in [0.1, 0.15) is 38.3 Å². The third kappa shape index (κ3) is 2.78. The van der Waals surface area contributed by atoms with Gasteiger partial charge in [-0.15, -0.1) is 0 Å². The minimum Gasteiger partial charge on any atom is -0.310 e. The van der Waals surface area contributed by atoms with Crippen molar-refractivity contribution in [3.63, 3.8) is 0 Å². The van der Waals surface area contributed by atoms with Crippen LogP contribution in [-0.2, 0) is 0 Å². The van der Waals surface area contributed by atoms with Gasteiger partial charge in [0, 0.05) is 11.1 Å². The van der Waals surface area contributed by atoms with Gasteiger partial charge in [0.15, 0.2) is 0 Å². The van der Waals surface area contributed by atoms with Gasteiger partial charge < -0.3 is 5.32 Å². The zero-order chi connectivity index (χ0) is 11.5. The molecule has 2 unspecified atom stereocenters. The Balaban J connectivity index is 2.13. The third-order valence-electron chi connectivity index (χ3n) is 3.54. The first-order chi connectivity index (χ1) is 7.72. The fraction of sp³-hybridized carbons (Fsp3) is 0.571.